The summed E-state index contributed by atoms with van der Waals surface area (Å²) in [5.41, 5.74) is 0.834. The number of carbonyl (C=O) groups excluding carboxylic acids is 1. The van der Waals surface area contributed by atoms with Crippen LogP contribution in [0.2, 0.25) is 0 Å². The molecular weight excluding hydrogens is 370 g/mol. The van der Waals surface area contributed by atoms with Crippen LogP contribution in [0.1, 0.15) is 30.1 Å². The highest BCUT2D eigenvalue weighted by Gasteiger charge is 2.21. The van der Waals surface area contributed by atoms with Crippen molar-refractivity contribution in [3.63, 3.8) is 0 Å². The van der Waals surface area contributed by atoms with Crippen LogP contribution in [0.4, 0.5) is 5.69 Å². The lowest BCUT2D eigenvalue weighted by atomic mass is 10.0. The lowest BCUT2D eigenvalue weighted by Crippen LogP contribution is -2.44. The second-order valence-corrected chi connectivity index (χ2v) is 9.16. The zero-order valence-electron chi connectivity index (χ0n) is 14.6. The van der Waals surface area contributed by atoms with Crippen LogP contribution >= 0.6 is 11.3 Å². The molecule has 0 bridgehead atoms. The number of thiophene rings is 1. The van der Waals surface area contributed by atoms with Crippen molar-refractivity contribution >= 4 is 33.0 Å². The average Bonchev–Trinajstić information content (AvgIpc) is 3.18. The third-order valence-electron chi connectivity index (χ3n) is 4.51. The van der Waals surface area contributed by atoms with Crippen molar-refractivity contribution in [2.45, 2.75) is 30.0 Å². The highest BCUT2D eigenvalue weighted by molar-refractivity contribution is 7.94. The number of nitrogens with zero attached hydrogens (tertiary/aromatic N) is 1. The van der Waals surface area contributed by atoms with Crippen molar-refractivity contribution < 1.29 is 13.2 Å². The molecule has 0 aliphatic carbocycles. The Hall–Kier alpha value is -1.90. The maximum atomic E-state index is 12.5. The second-order valence-electron chi connectivity index (χ2n) is 6.30. The van der Waals surface area contributed by atoms with Gasteiger partial charge in [-0.2, -0.15) is 0 Å². The van der Waals surface area contributed by atoms with Gasteiger partial charge in [-0.25, -0.2) is 8.42 Å². The summed E-state index contributed by atoms with van der Waals surface area (Å²) < 4.78 is 27.4. The van der Waals surface area contributed by atoms with E-state index in [0.29, 0.717) is 11.3 Å². The quantitative estimate of drug-likeness (QED) is 0.791. The second kappa shape index (κ2) is 8.20. The van der Waals surface area contributed by atoms with Crippen molar-refractivity contribution in [2.24, 2.45) is 0 Å². The van der Waals surface area contributed by atoms with Gasteiger partial charge in [0.2, 0.25) is 0 Å². The predicted molar refractivity (Wildman–Crippen MR) is 104 cm³/mol. The molecule has 1 fully saturated rings. The first-order valence-corrected chi connectivity index (χ1v) is 11.0. The van der Waals surface area contributed by atoms with Crippen LogP contribution in [-0.4, -0.2) is 44.9 Å². The van der Waals surface area contributed by atoms with Crippen LogP contribution in [-0.2, 0) is 10.0 Å². The monoisotopic (exact) mass is 393 g/mol. The molecule has 1 amide bonds. The first-order valence-electron chi connectivity index (χ1n) is 8.67. The van der Waals surface area contributed by atoms with Gasteiger partial charge in [0.25, 0.3) is 15.9 Å². The largest absolute Gasteiger partial charge is 0.349 e. The summed E-state index contributed by atoms with van der Waals surface area (Å²) in [5, 5.41) is 4.77. The van der Waals surface area contributed by atoms with Gasteiger partial charge in [-0.05, 0) is 49.0 Å². The molecule has 2 aromatic rings. The van der Waals surface area contributed by atoms with Gasteiger partial charge >= 0.3 is 0 Å². The summed E-state index contributed by atoms with van der Waals surface area (Å²) in [5.74, 6) is -0.169. The van der Waals surface area contributed by atoms with Crippen LogP contribution in [0, 0.1) is 0 Å². The van der Waals surface area contributed by atoms with Crippen molar-refractivity contribution in [2.75, 3.05) is 24.4 Å². The number of rotatable bonds is 6. The number of sulfonamides is 1. The van der Waals surface area contributed by atoms with Crippen molar-refractivity contribution in [3.05, 3.63) is 47.3 Å². The van der Waals surface area contributed by atoms with E-state index >= 15 is 0 Å². The van der Waals surface area contributed by atoms with E-state index in [9.17, 15) is 13.2 Å². The van der Waals surface area contributed by atoms with E-state index in [1.54, 1.807) is 41.8 Å². The molecule has 8 heteroatoms. The number of hydrogen-bond acceptors (Lipinski definition) is 5. The average molecular weight is 394 g/mol. The lowest BCUT2D eigenvalue weighted by molar-refractivity contribution is 0.0912. The topological polar surface area (TPSA) is 78.5 Å². The third kappa shape index (κ3) is 4.63. The van der Waals surface area contributed by atoms with E-state index in [0.717, 1.165) is 43.8 Å². The van der Waals surface area contributed by atoms with Crippen LogP contribution in [0.25, 0.3) is 0 Å². The van der Waals surface area contributed by atoms with E-state index in [1.165, 1.54) is 0 Å². The lowest BCUT2D eigenvalue weighted by Gasteiger charge is -2.31. The molecule has 1 aliphatic heterocycles. The molecule has 26 heavy (non-hydrogen) atoms. The summed E-state index contributed by atoms with van der Waals surface area (Å²) >= 11 is 1.15. The van der Waals surface area contributed by atoms with Gasteiger partial charge in [0.1, 0.15) is 4.21 Å². The smallest absolute Gasteiger partial charge is 0.271 e. The standard InChI is InChI=1S/C18H23N3O3S2/c1-2-21-10-8-15(9-11-21)19-18(22)14-5-3-6-16(13-14)20-26(23,24)17-7-4-12-25-17/h3-7,12-13,15,20H,2,8-11H2,1H3,(H,19,22). The molecule has 1 aliphatic rings. The fourth-order valence-electron chi connectivity index (χ4n) is 3.01. The molecular formula is C18H23N3O3S2. The molecule has 2 N–H and O–H groups in total. The van der Waals surface area contributed by atoms with Gasteiger partial charge < -0.3 is 10.2 Å². The van der Waals surface area contributed by atoms with Crippen LogP contribution < -0.4 is 10.0 Å². The van der Waals surface area contributed by atoms with Gasteiger partial charge in [0.05, 0.1) is 0 Å². The fourth-order valence-corrected chi connectivity index (χ4v) is 5.05. The van der Waals surface area contributed by atoms with E-state index in [1.807, 2.05) is 0 Å². The van der Waals surface area contributed by atoms with Gasteiger partial charge in [0.15, 0.2) is 0 Å². The Morgan fingerprint density at radius 2 is 2.00 bits per heavy atom. The number of benzene rings is 1. The minimum absolute atomic E-state index is 0.164. The van der Waals surface area contributed by atoms with Gasteiger partial charge in [-0.1, -0.05) is 19.1 Å². The molecule has 1 aromatic carbocycles. The third-order valence-corrected chi connectivity index (χ3v) is 7.29. The number of anilines is 1. The highest BCUT2D eigenvalue weighted by atomic mass is 32.2. The number of carbonyl (C=O) groups is 1. The fraction of sp³-hybridized carbons (Fsp3) is 0.389. The Morgan fingerprint density at radius 1 is 1.23 bits per heavy atom. The number of likely N-dealkylation sites (tertiary alicyclic amines) is 1. The number of hydrogen-bond donors (Lipinski definition) is 2. The SMILES string of the molecule is CCN1CCC(NC(=O)c2cccc(NS(=O)(=O)c3cccs3)c2)CC1. The molecule has 0 spiro atoms. The molecule has 0 saturated carbocycles. The van der Waals surface area contributed by atoms with Gasteiger partial charge in [-0.3, -0.25) is 9.52 Å². The summed E-state index contributed by atoms with van der Waals surface area (Å²) in [6, 6.07) is 9.99. The Balaban J connectivity index is 1.64. The Labute approximate surface area is 158 Å². The van der Waals surface area contributed by atoms with Crippen molar-refractivity contribution in [1.82, 2.24) is 10.2 Å². The normalized spacial score (nSPS) is 16.3. The van der Waals surface area contributed by atoms with Gasteiger partial charge in [0, 0.05) is 30.4 Å². The maximum Gasteiger partial charge on any atom is 0.271 e. The number of amides is 1. The minimum Gasteiger partial charge on any atom is -0.349 e. The summed E-state index contributed by atoms with van der Waals surface area (Å²) in [6.07, 6.45) is 1.87. The number of piperidine rings is 1. The molecule has 6 nitrogen and oxygen atoms in total. The van der Waals surface area contributed by atoms with E-state index in [-0.39, 0.29) is 16.2 Å². The zero-order chi connectivity index (χ0) is 18.6. The van der Waals surface area contributed by atoms with E-state index < -0.39 is 10.0 Å². The highest BCUT2D eigenvalue weighted by Crippen LogP contribution is 2.21. The zero-order valence-corrected chi connectivity index (χ0v) is 16.3. The molecule has 2 heterocycles. The van der Waals surface area contributed by atoms with Crippen LogP contribution in [0.3, 0.4) is 0 Å². The number of nitrogens with one attached hydrogen (secondary N) is 2. The first kappa shape index (κ1) is 18.9. The van der Waals surface area contributed by atoms with E-state index in [2.05, 4.69) is 21.9 Å². The Bertz CT molecular complexity index is 842. The predicted octanol–water partition coefficient (Wildman–Crippen LogP) is 2.76. The molecule has 0 unspecified atom stereocenters. The summed E-state index contributed by atoms with van der Waals surface area (Å²) in [4.78, 5) is 14.9. The Kier molecular flexibility index (Phi) is 5.95. The first-order chi connectivity index (χ1) is 12.5. The molecule has 140 valence electrons. The summed E-state index contributed by atoms with van der Waals surface area (Å²) in [6.45, 7) is 5.15. The molecule has 0 radical (unpaired) electrons. The van der Waals surface area contributed by atoms with Crippen LogP contribution in [0.5, 0.6) is 0 Å². The Morgan fingerprint density at radius 3 is 2.65 bits per heavy atom. The maximum absolute atomic E-state index is 12.5. The van der Waals surface area contributed by atoms with Crippen molar-refractivity contribution in [1.29, 1.82) is 0 Å². The van der Waals surface area contributed by atoms with Gasteiger partial charge in [-0.15, -0.1) is 11.3 Å². The molecule has 1 aromatic heterocycles. The summed E-state index contributed by atoms with van der Waals surface area (Å²) in [7, 11) is -3.62. The molecule has 0 atom stereocenters. The van der Waals surface area contributed by atoms with Crippen LogP contribution in [0.15, 0.2) is 46.0 Å². The molecule has 1 saturated heterocycles. The van der Waals surface area contributed by atoms with Crippen molar-refractivity contribution in [3.8, 4) is 0 Å². The minimum atomic E-state index is -3.62. The molecule has 3 rings (SSSR count). The van der Waals surface area contributed by atoms with E-state index in [4.69, 9.17) is 0 Å².